The van der Waals surface area contributed by atoms with Crippen LogP contribution < -0.4 is 5.32 Å². The van der Waals surface area contributed by atoms with Crippen molar-refractivity contribution in [3.8, 4) is 0 Å². The summed E-state index contributed by atoms with van der Waals surface area (Å²) in [6.45, 7) is 7.64. The van der Waals surface area contributed by atoms with E-state index in [1.165, 1.54) is 6.42 Å². The molecule has 2 heterocycles. The molecule has 2 fully saturated rings. The highest BCUT2D eigenvalue weighted by Crippen LogP contribution is 2.23. The molecule has 0 saturated carbocycles. The third-order valence-electron chi connectivity index (χ3n) is 4.11. The van der Waals surface area contributed by atoms with Crippen molar-refractivity contribution in [1.29, 1.82) is 0 Å². The Bertz CT molecular complexity index is 270. The quantitative estimate of drug-likeness (QED) is 0.830. The standard InChI is InChI=1S/C13H24N2O2.ClH/c1-10-4-3-6-15(11(10)2)13(16)8-12-9-17-7-5-14-12;/h10-12,14H,3-9H2,1-2H3;1H. The average Bonchev–Trinajstić information content (AvgIpc) is 2.34. The van der Waals surface area contributed by atoms with Crippen LogP contribution in [0.4, 0.5) is 0 Å². The number of amides is 1. The third kappa shape index (κ3) is 3.84. The summed E-state index contributed by atoms with van der Waals surface area (Å²) in [5, 5.41) is 3.34. The number of ether oxygens (including phenoxy) is 1. The minimum absolute atomic E-state index is 0. The molecular weight excluding hydrogens is 252 g/mol. The van der Waals surface area contributed by atoms with Crippen molar-refractivity contribution < 1.29 is 9.53 Å². The van der Waals surface area contributed by atoms with Crippen molar-refractivity contribution in [3.63, 3.8) is 0 Å². The lowest BCUT2D eigenvalue weighted by Gasteiger charge is -2.39. The zero-order valence-electron chi connectivity index (χ0n) is 11.4. The van der Waals surface area contributed by atoms with Crippen molar-refractivity contribution >= 4 is 18.3 Å². The van der Waals surface area contributed by atoms with Crippen molar-refractivity contribution in [2.75, 3.05) is 26.3 Å². The van der Waals surface area contributed by atoms with Gasteiger partial charge in [-0.1, -0.05) is 6.92 Å². The molecule has 2 saturated heterocycles. The lowest BCUT2D eigenvalue weighted by molar-refractivity contribution is -0.137. The Morgan fingerprint density at radius 1 is 1.44 bits per heavy atom. The lowest BCUT2D eigenvalue weighted by Crippen LogP contribution is -2.50. The van der Waals surface area contributed by atoms with E-state index >= 15 is 0 Å². The number of carbonyl (C=O) groups is 1. The van der Waals surface area contributed by atoms with Crippen LogP contribution in [0, 0.1) is 5.92 Å². The summed E-state index contributed by atoms with van der Waals surface area (Å²) in [6, 6.07) is 0.599. The van der Waals surface area contributed by atoms with Gasteiger partial charge in [-0.25, -0.2) is 0 Å². The number of likely N-dealkylation sites (tertiary alicyclic amines) is 1. The first kappa shape index (κ1) is 15.7. The van der Waals surface area contributed by atoms with Gasteiger partial charge in [0.25, 0.3) is 0 Å². The number of carbonyl (C=O) groups excluding carboxylic acids is 1. The molecule has 3 unspecified atom stereocenters. The Morgan fingerprint density at radius 2 is 2.22 bits per heavy atom. The molecule has 2 rings (SSSR count). The summed E-state index contributed by atoms with van der Waals surface area (Å²) >= 11 is 0. The van der Waals surface area contributed by atoms with Crippen molar-refractivity contribution in [3.05, 3.63) is 0 Å². The molecule has 4 nitrogen and oxygen atoms in total. The largest absolute Gasteiger partial charge is 0.378 e. The lowest BCUT2D eigenvalue weighted by atomic mass is 9.91. The van der Waals surface area contributed by atoms with E-state index in [0.29, 0.717) is 25.0 Å². The van der Waals surface area contributed by atoms with Crippen LogP contribution in [0.2, 0.25) is 0 Å². The van der Waals surface area contributed by atoms with Crippen molar-refractivity contribution in [1.82, 2.24) is 10.2 Å². The molecule has 2 aliphatic heterocycles. The minimum Gasteiger partial charge on any atom is -0.378 e. The molecule has 0 radical (unpaired) electrons. The molecule has 18 heavy (non-hydrogen) atoms. The van der Waals surface area contributed by atoms with Gasteiger partial charge in [-0.15, -0.1) is 12.4 Å². The first-order chi connectivity index (χ1) is 8.18. The Hall–Kier alpha value is -0.320. The number of hydrogen-bond acceptors (Lipinski definition) is 3. The Kier molecular flexibility index (Phi) is 6.39. The zero-order chi connectivity index (χ0) is 12.3. The van der Waals surface area contributed by atoms with Crippen LogP contribution in [0.5, 0.6) is 0 Å². The Labute approximate surface area is 116 Å². The SMILES string of the molecule is CC1CCCN(C(=O)CC2COCCN2)C1C.Cl. The predicted molar refractivity (Wildman–Crippen MR) is 74.0 cm³/mol. The molecule has 3 atom stereocenters. The normalized spacial score (nSPS) is 32.8. The van der Waals surface area contributed by atoms with E-state index in [1.54, 1.807) is 0 Å². The van der Waals surface area contributed by atoms with Crippen LogP contribution in [0.15, 0.2) is 0 Å². The second-order valence-electron chi connectivity index (χ2n) is 5.38. The maximum atomic E-state index is 12.3. The third-order valence-corrected chi connectivity index (χ3v) is 4.11. The van der Waals surface area contributed by atoms with E-state index in [1.807, 2.05) is 0 Å². The van der Waals surface area contributed by atoms with Crippen LogP contribution in [0.1, 0.15) is 33.1 Å². The number of halogens is 1. The minimum atomic E-state index is 0. The van der Waals surface area contributed by atoms with E-state index in [9.17, 15) is 4.79 Å². The van der Waals surface area contributed by atoms with Crippen LogP contribution in [0.3, 0.4) is 0 Å². The van der Waals surface area contributed by atoms with Gasteiger partial charge >= 0.3 is 0 Å². The molecule has 0 spiro atoms. The summed E-state index contributed by atoms with van der Waals surface area (Å²) in [4.78, 5) is 14.3. The second-order valence-corrected chi connectivity index (χ2v) is 5.38. The van der Waals surface area contributed by atoms with Gasteiger partial charge < -0.3 is 15.0 Å². The number of hydrogen-bond donors (Lipinski definition) is 1. The number of nitrogens with one attached hydrogen (secondary N) is 1. The van der Waals surface area contributed by atoms with Gasteiger partial charge in [-0.05, 0) is 25.7 Å². The molecule has 2 aliphatic rings. The van der Waals surface area contributed by atoms with Crippen molar-refractivity contribution in [2.45, 2.75) is 45.2 Å². The summed E-state index contributed by atoms with van der Waals surface area (Å²) in [5.41, 5.74) is 0. The first-order valence-corrected chi connectivity index (χ1v) is 6.79. The van der Waals surface area contributed by atoms with Crippen molar-refractivity contribution in [2.24, 2.45) is 5.92 Å². The van der Waals surface area contributed by atoms with Crippen LogP contribution in [0.25, 0.3) is 0 Å². The van der Waals surface area contributed by atoms with E-state index < -0.39 is 0 Å². The molecule has 0 bridgehead atoms. The fourth-order valence-corrected chi connectivity index (χ4v) is 2.77. The van der Waals surface area contributed by atoms with Crippen LogP contribution >= 0.6 is 12.4 Å². The number of morpholine rings is 1. The van der Waals surface area contributed by atoms with Gasteiger partial charge in [0.05, 0.1) is 13.2 Å². The van der Waals surface area contributed by atoms with Gasteiger partial charge in [-0.2, -0.15) is 0 Å². The molecule has 106 valence electrons. The molecule has 0 aliphatic carbocycles. The molecule has 0 aromatic carbocycles. The van der Waals surface area contributed by atoms with E-state index in [0.717, 1.165) is 26.1 Å². The van der Waals surface area contributed by atoms with E-state index in [2.05, 4.69) is 24.1 Å². The smallest absolute Gasteiger partial charge is 0.224 e. The summed E-state index contributed by atoms with van der Waals surface area (Å²) < 4.78 is 5.39. The maximum Gasteiger partial charge on any atom is 0.224 e. The highest BCUT2D eigenvalue weighted by Gasteiger charge is 2.29. The maximum absolute atomic E-state index is 12.3. The van der Waals surface area contributed by atoms with Gasteiger partial charge in [0.1, 0.15) is 0 Å². The number of rotatable bonds is 2. The zero-order valence-corrected chi connectivity index (χ0v) is 12.2. The average molecular weight is 277 g/mol. The van der Waals surface area contributed by atoms with Gasteiger partial charge in [0, 0.05) is 31.6 Å². The van der Waals surface area contributed by atoms with Crippen LogP contribution in [-0.2, 0) is 9.53 Å². The van der Waals surface area contributed by atoms with Crippen LogP contribution in [-0.4, -0.2) is 49.2 Å². The van der Waals surface area contributed by atoms with E-state index in [4.69, 9.17) is 4.74 Å². The molecule has 0 aromatic rings. The summed E-state index contributed by atoms with van der Waals surface area (Å²) in [6.07, 6.45) is 2.97. The van der Waals surface area contributed by atoms with Gasteiger partial charge in [0.15, 0.2) is 0 Å². The highest BCUT2D eigenvalue weighted by atomic mass is 35.5. The molecule has 0 aromatic heterocycles. The highest BCUT2D eigenvalue weighted by molar-refractivity contribution is 5.85. The first-order valence-electron chi connectivity index (χ1n) is 6.79. The number of nitrogens with zero attached hydrogens (tertiary/aromatic N) is 1. The Morgan fingerprint density at radius 3 is 2.89 bits per heavy atom. The summed E-state index contributed by atoms with van der Waals surface area (Å²) in [7, 11) is 0. The second kappa shape index (κ2) is 7.31. The van der Waals surface area contributed by atoms with Gasteiger partial charge in [-0.3, -0.25) is 4.79 Å². The molecule has 5 heteroatoms. The van der Waals surface area contributed by atoms with E-state index in [-0.39, 0.29) is 24.4 Å². The monoisotopic (exact) mass is 276 g/mol. The molecular formula is C13H25ClN2O2. The Balaban J connectivity index is 0.00000162. The number of piperidine rings is 1. The topological polar surface area (TPSA) is 41.6 Å². The summed E-state index contributed by atoms with van der Waals surface area (Å²) in [5.74, 6) is 0.912. The predicted octanol–water partition coefficient (Wildman–Crippen LogP) is 1.43. The molecule has 1 N–H and O–H groups in total. The fraction of sp³-hybridized carbons (Fsp3) is 0.923. The fourth-order valence-electron chi connectivity index (χ4n) is 2.77. The molecule has 1 amide bonds. The van der Waals surface area contributed by atoms with Gasteiger partial charge in [0.2, 0.25) is 5.91 Å².